The Labute approximate surface area is 488 Å². The third kappa shape index (κ3) is 23.0. The molecule has 5 aromatic rings. The normalized spacial score (nSPS) is 12.1. The van der Waals surface area contributed by atoms with E-state index in [4.69, 9.17) is 37.0 Å². The molecule has 0 radical (unpaired) electrons. The van der Waals surface area contributed by atoms with Gasteiger partial charge < -0.3 is 30.4 Å². The molecule has 0 saturated carbocycles. The Balaban J connectivity index is 0.000000509. The van der Waals surface area contributed by atoms with Crippen molar-refractivity contribution in [3.63, 3.8) is 0 Å². The summed E-state index contributed by atoms with van der Waals surface area (Å²) < 4.78 is 38.6. The van der Waals surface area contributed by atoms with Crippen LogP contribution in [0.15, 0.2) is 60.7 Å². The van der Waals surface area contributed by atoms with Crippen molar-refractivity contribution in [2.24, 2.45) is 0 Å². The third-order valence-electron chi connectivity index (χ3n) is 11.7. The predicted octanol–water partition coefficient (Wildman–Crippen LogP) is 11.8. The number of carbonyl (C=O) groups is 2. The molecular weight excluding hydrogens is 1110 g/mol. The summed E-state index contributed by atoms with van der Waals surface area (Å²) in [5.41, 5.74) is 25.2. The van der Waals surface area contributed by atoms with Crippen LogP contribution in [0.2, 0.25) is 0 Å². The van der Waals surface area contributed by atoms with E-state index in [2.05, 4.69) is 75.2 Å². The van der Waals surface area contributed by atoms with Gasteiger partial charge in [0.1, 0.15) is 22.8 Å². The molecule has 2 aromatic carbocycles. The highest BCUT2D eigenvalue weighted by molar-refractivity contribution is 8.33. The van der Waals surface area contributed by atoms with Crippen molar-refractivity contribution in [1.29, 1.82) is 5.41 Å². The number of nitrogen functional groups attached to an aromatic ring is 2. The minimum atomic E-state index is -3.69. The maximum absolute atomic E-state index is 12.2. The quantitative estimate of drug-likeness (QED) is 0.0569. The molecule has 2 atom stereocenters. The molecule has 2 amide bonds. The van der Waals surface area contributed by atoms with Crippen LogP contribution in [0.1, 0.15) is 134 Å². The first-order valence-electron chi connectivity index (χ1n) is 25.0. The van der Waals surface area contributed by atoms with Crippen LogP contribution in [0.5, 0.6) is 5.88 Å². The van der Waals surface area contributed by atoms with Crippen LogP contribution in [-0.2, 0) is 58.9 Å². The maximum Gasteiger partial charge on any atom is 0.410 e. The summed E-state index contributed by atoms with van der Waals surface area (Å²) in [4.78, 5) is 40.3. The summed E-state index contributed by atoms with van der Waals surface area (Å²) in [5.74, 6) is 10.6. The second kappa shape index (κ2) is 33.4. The van der Waals surface area contributed by atoms with E-state index in [1.54, 1.807) is 46.4 Å². The second-order valence-electron chi connectivity index (χ2n) is 20.1. The molecule has 0 saturated heterocycles. The molecular formula is C59H81ClN9O7P3S. The van der Waals surface area contributed by atoms with Gasteiger partial charge in [0.25, 0.3) is 0 Å². The first-order valence-corrected chi connectivity index (χ1v) is 31.5. The van der Waals surface area contributed by atoms with E-state index in [0.29, 0.717) is 48.2 Å². The lowest BCUT2D eigenvalue weighted by Gasteiger charge is -2.24. The maximum atomic E-state index is 12.2. The number of pyridine rings is 3. The number of aryl methyl sites for hydroxylation is 3. The highest BCUT2D eigenvalue weighted by Gasteiger charge is 2.34. The van der Waals surface area contributed by atoms with Crippen molar-refractivity contribution in [3.8, 4) is 42.4 Å². The van der Waals surface area contributed by atoms with Crippen LogP contribution in [0.4, 0.5) is 21.2 Å². The van der Waals surface area contributed by atoms with E-state index in [9.17, 15) is 18.0 Å². The van der Waals surface area contributed by atoms with Crippen molar-refractivity contribution in [3.05, 3.63) is 139 Å². The van der Waals surface area contributed by atoms with Crippen LogP contribution < -0.4 is 21.0 Å². The Bertz CT molecular complexity index is 3140. The minimum Gasteiger partial charge on any atom is -0.444 e. The highest BCUT2D eigenvalue weighted by Crippen LogP contribution is 2.35. The van der Waals surface area contributed by atoms with Crippen molar-refractivity contribution >= 4 is 77.9 Å². The average molecular weight is 1190 g/mol. The first kappa shape index (κ1) is 71.7. The molecule has 16 nitrogen and oxygen atoms in total. The number of carbonyl (C=O) groups excluding carboxylic acids is 2. The van der Waals surface area contributed by atoms with Crippen LogP contribution in [0.3, 0.4) is 0 Å². The molecule has 3 aromatic heterocycles. The van der Waals surface area contributed by atoms with Gasteiger partial charge in [-0.2, -0.15) is 8.42 Å². The molecule has 21 heteroatoms. The number of anilines is 2. The van der Waals surface area contributed by atoms with Crippen molar-refractivity contribution in [2.75, 3.05) is 17.7 Å². The standard InChI is InChI=1S/C15H22N2O5S.C14H21N3O2.C13H11N.C9H13N3.C5H4.C3H4.ClH.H5P3/c1-9-10(2)16-13(22-23(6,19)20)12-8-17(7-11(9)12)14(18)21-15(3,4)5;1-8-9(2)16-12(15)11-7-17(6-10(8)11)13(18)19-14(3,4)5;14-13(11-7-3-1-4-8-11)12-9-5-2-6-10-12;1-5-6(2)12-9(10)8-4-11-3-7(5)8;1-3-5-4-2;1-3-2;;1-3-2/h7-8H2,1-6H3;6-7H2,1-5H3,(H2,15,16);1-10,14H;11H,3-4H2,1-2H3,(H2,10,12);1H,2H3;1H,2H3;1H;3H,1-2H2. The summed E-state index contributed by atoms with van der Waals surface area (Å²) >= 11 is 0. The number of fused-ring (bicyclic) bond motifs is 3. The van der Waals surface area contributed by atoms with Gasteiger partial charge >= 0.3 is 22.3 Å². The Morgan fingerprint density at radius 2 is 1.01 bits per heavy atom. The highest BCUT2D eigenvalue weighted by atomic mass is 35.5. The molecule has 6 N–H and O–H groups in total. The molecule has 80 heavy (non-hydrogen) atoms. The number of rotatable bonds is 4. The van der Waals surface area contributed by atoms with E-state index in [1.165, 1.54) is 21.6 Å². The van der Waals surface area contributed by atoms with Gasteiger partial charge in [-0.05, 0) is 153 Å². The molecule has 0 bridgehead atoms. The smallest absolute Gasteiger partial charge is 0.410 e. The van der Waals surface area contributed by atoms with E-state index >= 15 is 0 Å². The van der Waals surface area contributed by atoms with Gasteiger partial charge in [-0.15, -0.1) is 49.0 Å². The van der Waals surface area contributed by atoms with E-state index in [-0.39, 0.29) is 30.9 Å². The molecule has 432 valence electrons. The minimum absolute atomic E-state index is 0. The van der Waals surface area contributed by atoms with Crippen LogP contribution >= 0.6 is 38.2 Å². The Hall–Kier alpha value is -6.33. The molecule has 0 spiro atoms. The summed E-state index contributed by atoms with van der Waals surface area (Å²) in [7, 11) is 2.36. The molecule has 0 fully saturated rings. The number of terminal acetylenes is 2. The van der Waals surface area contributed by atoms with Crippen LogP contribution in [0, 0.1) is 83.5 Å². The fourth-order valence-electron chi connectivity index (χ4n) is 7.70. The number of ether oxygens (including phenoxy) is 2. The first-order chi connectivity index (χ1) is 36.9. The van der Waals surface area contributed by atoms with E-state index in [1.807, 2.05) is 109 Å². The second-order valence-corrected chi connectivity index (χ2v) is 26.0. The monoisotopic (exact) mass is 1190 g/mol. The lowest BCUT2D eigenvalue weighted by molar-refractivity contribution is 0.0231. The number of amides is 2. The number of nitrogens with one attached hydrogen (secondary N) is 2. The fourth-order valence-corrected chi connectivity index (χ4v) is 8.13. The zero-order valence-electron chi connectivity index (χ0n) is 48.9. The topological polar surface area (TPSA) is 229 Å². The van der Waals surface area contributed by atoms with Gasteiger partial charge in [0.05, 0.1) is 38.1 Å². The van der Waals surface area contributed by atoms with Crippen LogP contribution in [0.25, 0.3) is 0 Å². The van der Waals surface area contributed by atoms with E-state index in [0.717, 1.165) is 77.6 Å². The largest absolute Gasteiger partial charge is 0.444 e. The summed E-state index contributed by atoms with van der Waals surface area (Å²) in [6.45, 7) is 29.4. The van der Waals surface area contributed by atoms with Gasteiger partial charge in [-0.1, -0.05) is 74.5 Å². The number of nitrogens with two attached hydrogens (primary N) is 2. The van der Waals surface area contributed by atoms with Crippen molar-refractivity contribution in [2.45, 2.75) is 147 Å². The predicted molar refractivity (Wildman–Crippen MR) is 338 cm³/mol. The summed E-state index contributed by atoms with van der Waals surface area (Å²) in [6, 6.07) is 19.5. The summed E-state index contributed by atoms with van der Waals surface area (Å²) in [6.07, 6.45) is 9.53. The third-order valence-corrected chi connectivity index (χ3v) is 12.1. The SMILES string of the molecule is C#CC.C#CC#CC.Cc1nc(N)c2c(c1C)CN(C(=O)OC(C)(C)C)C2.Cc1nc(N)c2c(c1C)CNC2.Cc1nc(OS(C)(=O)=O)c2c(c1C)CN(C(=O)OC(C)(C)C)C2.Cl.N=C(c1ccccc1)c1ccccc1.PPP. The molecule has 0 aliphatic carbocycles. The number of halogens is 1. The van der Waals surface area contributed by atoms with E-state index < -0.39 is 27.4 Å². The average Bonchev–Trinajstić information content (AvgIpc) is 4.16. The zero-order valence-corrected chi connectivity index (χ0v) is 53.8. The number of benzene rings is 2. The van der Waals surface area contributed by atoms with Gasteiger partial charge in [0, 0.05) is 46.9 Å². The lowest BCUT2D eigenvalue weighted by Crippen LogP contribution is -2.33. The fraction of sp³-hybridized carbons (Fsp3) is 0.390. The molecule has 6 heterocycles. The van der Waals surface area contributed by atoms with Gasteiger partial charge in [0.2, 0.25) is 5.88 Å². The molecule has 3 aliphatic rings. The number of hydrogen-bond donors (Lipinski definition) is 4. The number of hydrogen-bond acceptors (Lipinski definition) is 14. The molecule has 8 rings (SSSR count). The molecule has 2 unspecified atom stereocenters. The Morgan fingerprint density at radius 3 is 1.39 bits per heavy atom. The number of aromatic nitrogens is 3. The van der Waals surface area contributed by atoms with Crippen molar-refractivity contribution < 1.29 is 31.7 Å². The Kier molecular flexibility index (Phi) is 30.0. The van der Waals surface area contributed by atoms with Crippen LogP contribution in [-0.4, -0.2) is 68.5 Å². The van der Waals surface area contributed by atoms with Gasteiger partial charge in [-0.3, -0.25) is 15.2 Å². The summed E-state index contributed by atoms with van der Waals surface area (Å²) in [5, 5.41) is 11.2. The lowest BCUT2D eigenvalue weighted by atomic mass is 10.0. The zero-order chi connectivity index (χ0) is 60.0. The molecule has 3 aliphatic heterocycles. The Morgan fingerprint density at radius 1 is 0.662 bits per heavy atom. The number of nitrogens with zero attached hydrogens (tertiary/aromatic N) is 5. The van der Waals surface area contributed by atoms with Gasteiger partial charge in [-0.25, -0.2) is 24.5 Å². The van der Waals surface area contributed by atoms with Gasteiger partial charge in [0.15, 0.2) is 0 Å². The van der Waals surface area contributed by atoms with Crippen molar-refractivity contribution in [1.82, 2.24) is 30.1 Å².